The van der Waals surface area contributed by atoms with E-state index in [2.05, 4.69) is 44.7 Å². The van der Waals surface area contributed by atoms with Gasteiger partial charge in [0, 0.05) is 0 Å². The molecule has 0 heterocycles. The summed E-state index contributed by atoms with van der Waals surface area (Å²) in [5.41, 5.74) is 3.75. The summed E-state index contributed by atoms with van der Waals surface area (Å²) in [6.07, 6.45) is 14.2. The Kier molecular flexibility index (Phi) is 6.40. The van der Waals surface area contributed by atoms with Crippen LogP contribution >= 0.6 is 0 Å². The van der Waals surface area contributed by atoms with E-state index in [9.17, 15) is 10.0 Å². The fourth-order valence-electron chi connectivity index (χ4n) is 6.40. The number of allylic oxidation sites excluding steroid dienone is 3. The number of nitroso groups, excluding NO2 is 1. The molecule has 0 aromatic rings. The van der Waals surface area contributed by atoms with Crippen molar-refractivity contribution in [3.8, 4) is 0 Å². The summed E-state index contributed by atoms with van der Waals surface area (Å²) in [6, 6.07) is -0.472. The Labute approximate surface area is 165 Å². The van der Waals surface area contributed by atoms with Crippen molar-refractivity contribution in [2.24, 2.45) is 28.3 Å². The number of hydrogen-bond donors (Lipinski definition) is 1. The monoisotopic (exact) mass is 371 g/mol. The van der Waals surface area contributed by atoms with Crippen LogP contribution in [-0.4, -0.2) is 17.3 Å². The van der Waals surface area contributed by atoms with Gasteiger partial charge in [-0.1, -0.05) is 68.7 Å². The van der Waals surface area contributed by atoms with Crippen molar-refractivity contribution in [3.63, 3.8) is 0 Å². The lowest BCUT2D eigenvalue weighted by atomic mass is 9.61. The van der Waals surface area contributed by atoms with Crippen molar-refractivity contribution in [3.05, 3.63) is 40.4 Å². The summed E-state index contributed by atoms with van der Waals surface area (Å²) in [6.45, 7) is 11.1. The molecule has 0 aromatic carbocycles. The van der Waals surface area contributed by atoms with E-state index in [1.54, 1.807) is 5.57 Å². The summed E-state index contributed by atoms with van der Waals surface area (Å²) < 4.78 is 0. The molecule has 3 aliphatic carbocycles. The summed E-state index contributed by atoms with van der Waals surface area (Å²) in [7, 11) is 0. The van der Waals surface area contributed by atoms with Crippen LogP contribution in [0.25, 0.3) is 0 Å². The van der Waals surface area contributed by atoms with E-state index in [0.29, 0.717) is 29.7 Å². The number of rotatable bonds is 5. The van der Waals surface area contributed by atoms with Crippen LogP contribution in [0, 0.1) is 28.1 Å². The lowest BCUT2D eigenvalue weighted by Crippen LogP contribution is -2.36. The van der Waals surface area contributed by atoms with Crippen molar-refractivity contribution in [2.45, 2.75) is 90.7 Å². The largest absolute Gasteiger partial charge is 0.388 e. The van der Waals surface area contributed by atoms with Crippen molar-refractivity contribution < 1.29 is 5.11 Å². The highest BCUT2D eigenvalue weighted by Gasteiger charge is 2.50. The molecule has 0 spiro atoms. The summed E-state index contributed by atoms with van der Waals surface area (Å²) >= 11 is 0. The van der Waals surface area contributed by atoms with Crippen LogP contribution in [0.5, 0.6) is 0 Å². The van der Waals surface area contributed by atoms with Crippen LogP contribution in [-0.2, 0) is 0 Å². The minimum absolute atomic E-state index is 0.449. The van der Waals surface area contributed by atoms with E-state index < -0.39 is 12.1 Å². The molecule has 3 heteroatoms. The van der Waals surface area contributed by atoms with Gasteiger partial charge in [0.05, 0.1) is 6.10 Å². The first-order valence-corrected chi connectivity index (χ1v) is 11.0. The van der Waals surface area contributed by atoms with Crippen molar-refractivity contribution >= 4 is 0 Å². The third-order valence-corrected chi connectivity index (χ3v) is 7.90. The second kappa shape index (κ2) is 8.43. The molecule has 6 atom stereocenters. The molecular formula is C24H37NO2. The zero-order valence-electron chi connectivity index (χ0n) is 17.4. The van der Waals surface area contributed by atoms with Crippen molar-refractivity contribution in [1.82, 2.24) is 0 Å². The molecule has 0 bridgehead atoms. The Morgan fingerprint density at radius 2 is 2.11 bits per heavy atom. The van der Waals surface area contributed by atoms with E-state index in [1.807, 2.05) is 0 Å². The lowest BCUT2D eigenvalue weighted by Gasteiger charge is -2.44. The number of aliphatic hydroxyl groups excluding tert-OH is 1. The highest BCUT2D eigenvalue weighted by Crippen LogP contribution is 2.59. The Morgan fingerprint density at radius 3 is 2.81 bits per heavy atom. The third kappa shape index (κ3) is 3.99. The highest BCUT2D eigenvalue weighted by atomic mass is 16.3. The van der Waals surface area contributed by atoms with Gasteiger partial charge in [-0.3, -0.25) is 0 Å². The quantitative estimate of drug-likeness (QED) is 0.453. The number of fused-ring (bicyclic) bond motifs is 1. The maximum Gasteiger partial charge on any atom is 0.119 e. The number of hydrogen-bond acceptors (Lipinski definition) is 3. The molecular weight excluding hydrogens is 334 g/mol. The molecule has 3 fully saturated rings. The smallest absolute Gasteiger partial charge is 0.119 e. The number of aliphatic hydroxyl groups is 1. The maximum absolute atomic E-state index is 11.0. The standard InChI is InChI=1S/C24H37NO2/c1-5-7-16(2)20-11-12-21-19(8-6-13-24(20,21)4)10-9-18-14-22(25-27)17(3)23(26)15-18/h9-10,16,20-23,26H,3,5-8,11-15H2,1-2,4H3/b18-9+,19-10+/t16-,20?,21?,22+,23+,24+/m0/s1. The van der Waals surface area contributed by atoms with Crippen LogP contribution in [0.1, 0.15) is 78.6 Å². The van der Waals surface area contributed by atoms with Gasteiger partial charge in [-0.05, 0) is 73.7 Å². The second-order valence-electron chi connectivity index (χ2n) is 9.55. The van der Waals surface area contributed by atoms with Gasteiger partial charge in [0.1, 0.15) is 6.04 Å². The van der Waals surface area contributed by atoms with E-state index in [4.69, 9.17) is 0 Å². The highest BCUT2D eigenvalue weighted by molar-refractivity contribution is 5.30. The normalized spacial score (nSPS) is 41.0. The van der Waals surface area contributed by atoms with E-state index >= 15 is 0 Å². The van der Waals surface area contributed by atoms with E-state index in [-0.39, 0.29) is 0 Å². The average molecular weight is 372 g/mol. The van der Waals surface area contributed by atoms with Gasteiger partial charge in [0.25, 0.3) is 0 Å². The molecule has 0 aliphatic heterocycles. The van der Waals surface area contributed by atoms with Crippen LogP contribution in [0.3, 0.4) is 0 Å². The van der Waals surface area contributed by atoms with Crippen molar-refractivity contribution in [2.75, 3.05) is 0 Å². The first-order chi connectivity index (χ1) is 12.9. The van der Waals surface area contributed by atoms with Crippen LogP contribution in [0.2, 0.25) is 0 Å². The molecule has 0 saturated heterocycles. The van der Waals surface area contributed by atoms with Crippen LogP contribution in [0.15, 0.2) is 40.6 Å². The molecule has 2 unspecified atom stereocenters. The number of nitrogens with zero attached hydrogens (tertiary/aromatic N) is 1. The van der Waals surface area contributed by atoms with Crippen molar-refractivity contribution in [1.29, 1.82) is 0 Å². The topological polar surface area (TPSA) is 49.7 Å². The molecule has 3 aliphatic rings. The summed E-state index contributed by atoms with van der Waals surface area (Å²) in [5, 5.41) is 13.3. The van der Waals surface area contributed by atoms with Gasteiger partial charge >= 0.3 is 0 Å². The average Bonchev–Trinajstić information content (AvgIpc) is 3.00. The van der Waals surface area contributed by atoms with Gasteiger partial charge in [0.2, 0.25) is 0 Å². The van der Waals surface area contributed by atoms with Crippen LogP contribution < -0.4 is 0 Å². The van der Waals surface area contributed by atoms with Gasteiger partial charge in [0.15, 0.2) is 0 Å². The van der Waals surface area contributed by atoms with Gasteiger partial charge in [-0.25, -0.2) is 0 Å². The Hall–Kier alpha value is -1.22. The lowest BCUT2D eigenvalue weighted by molar-refractivity contribution is 0.0940. The molecule has 0 amide bonds. The van der Waals surface area contributed by atoms with Gasteiger partial charge in [-0.2, -0.15) is 4.91 Å². The Bertz CT molecular complexity index is 634. The first-order valence-electron chi connectivity index (χ1n) is 11.0. The fourth-order valence-corrected chi connectivity index (χ4v) is 6.40. The van der Waals surface area contributed by atoms with Crippen LogP contribution in [0.4, 0.5) is 0 Å². The molecule has 0 aromatic heterocycles. The zero-order chi connectivity index (χ0) is 19.6. The van der Waals surface area contributed by atoms with E-state index in [1.165, 1.54) is 44.9 Å². The molecule has 150 valence electrons. The van der Waals surface area contributed by atoms with E-state index in [0.717, 1.165) is 17.4 Å². The predicted octanol–water partition coefficient (Wildman–Crippen LogP) is 6.34. The SMILES string of the molecule is C=C1[C@H](O)C/C(=C/C=C2\CCC[C@@]3(C)C2CCC3[C@@H](C)CCC)C[C@H]1N=O. The Morgan fingerprint density at radius 1 is 1.33 bits per heavy atom. The minimum Gasteiger partial charge on any atom is -0.388 e. The fraction of sp³-hybridized carbons (Fsp3) is 0.750. The van der Waals surface area contributed by atoms with Gasteiger partial charge < -0.3 is 5.11 Å². The minimum atomic E-state index is -0.631. The second-order valence-corrected chi connectivity index (χ2v) is 9.55. The molecule has 3 rings (SSSR count). The summed E-state index contributed by atoms with van der Waals surface area (Å²) in [5.74, 6) is 2.37. The van der Waals surface area contributed by atoms with Gasteiger partial charge in [-0.15, -0.1) is 0 Å². The predicted molar refractivity (Wildman–Crippen MR) is 112 cm³/mol. The molecule has 27 heavy (non-hydrogen) atoms. The molecule has 3 saturated carbocycles. The first kappa shape index (κ1) is 20.5. The summed E-state index contributed by atoms with van der Waals surface area (Å²) in [4.78, 5) is 11.0. The maximum atomic E-state index is 11.0. The third-order valence-electron chi connectivity index (χ3n) is 7.90. The zero-order valence-corrected chi connectivity index (χ0v) is 17.4. The Balaban J connectivity index is 1.77. The molecule has 0 radical (unpaired) electrons. The molecule has 3 nitrogen and oxygen atoms in total. The molecule has 1 N–H and O–H groups in total.